The molecule has 0 aromatic carbocycles. The first-order chi connectivity index (χ1) is 9.42. The molecule has 3 nitrogen and oxygen atoms in total. The van der Waals surface area contributed by atoms with E-state index in [0.717, 1.165) is 27.8 Å². The van der Waals surface area contributed by atoms with Crippen molar-refractivity contribution in [2.45, 2.75) is 38.3 Å². The highest BCUT2D eigenvalue weighted by atomic mass is 79.9. The zero-order valence-electron chi connectivity index (χ0n) is 12.1. The normalized spacial score (nSPS) is 12.2. The van der Waals surface area contributed by atoms with E-state index in [2.05, 4.69) is 51.2 Å². The average molecular weight is 376 g/mol. The molecule has 0 saturated heterocycles. The van der Waals surface area contributed by atoms with E-state index >= 15 is 0 Å². The van der Waals surface area contributed by atoms with Crippen LogP contribution in [-0.2, 0) is 17.3 Å². The molecule has 2 aromatic heterocycles. The van der Waals surface area contributed by atoms with Crippen LogP contribution in [0.25, 0.3) is 11.0 Å². The molecule has 110 valence electrons. The second-order valence-electron chi connectivity index (χ2n) is 6.08. The van der Waals surface area contributed by atoms with E-state index in [0.29, 0.717) is 12.6 Å². The lowest BCUT2D eigenvalue weighted by atomic mass is 10.3. The molecule has 2 heterocycles. The van der Waals surface area contributed by atoms with E-state index in [1.807, 2.05) is 6.07 Å². The van der Waals surface area contributed by atoms with Gasteiger partial charge in [0.1, 0.15) is 12.4 Å². The fourth-order valence-electron chi connectivity index (χ4n) is 1.96. The van der Waals surface area contributed by atoms with Gasteiger partial charge in [0.05, 0.1) is 5.88 Å². The predicted molar refractivity (Wildman–Crippen MR) is 91.1 cm³/mol. The van der Waals surface area contributed by atoms with Gasteiger partial charge in [0, 0.05) is 36.4 Å². The number of rotatable bonds is 6. The van der Waals surface area contributed by atoms with E-state index in [-0.39, 0.29) is 0 Å². The van der Waals surface area contributed by atoms with Crippen LogP contribution in [0.2, 0.25) is 25.7 Å². The van der Waals surface area contributed by atoms with Crippen LogP contribution in [0, 0.1) is 0 Å². The van der Waals surface area contributed by atoms with Crippen molar-refractivity contribution < 1.29 is 4.74 Å². The summed E-state index contributed by atoms with van der Waals surface area (Å²) in [6, 6.07) is 5.18. The smallest absolute Gasteiger partial charge is 0.143 e. The highest BCUT2D eigenvalue weighted by molar-refractivity contribution is 9.10. The molecule has 0 saturated carbocycles. The summed E-state index contributed by atoms with van der Waals surface area (Å²) in [4.78, 5) is 4.44. The molecule has 0 bridgehead atoms. The van der Waals surface area contributed by atoms with E-state index < -0.39 is 8.07 Å². The van der Waals surface area contributed by atoms with Crippen molar-refractivity contribution in [3.63, 3.8) is 0 Å². The second kappa shape index (κ2) is 6.60. The maximum atomic E-state index is 6.03. The Kier molecular flexibility index (Phi) is 5.29. The molecule has 0 amide bonds. The fourth-order valence-corrected chi connectivity index (χ4v) is 3.35. The first kappa shape index (κ1) is 16.0. The van der Waals surface area contributed by atoms with Crippen LogP contribution in [0.4, 0.5) is 0 Å². The summed E-state index contributed by atoms with van der Waals surface area (Å²) >= 11 is 9.58. The molecule has 0 unspecified atom stereocenters. The van der Waals surface area contributed by atoms with E-state index in [1.165, 1.54) is 6.04 Å². The standard InChI is InChI=1S/C14H20BrClN2OSi/c1-20(2,3)7-6-19-10-18-11(9-16)8-12-13(15)4-5-17-14(12)18/h4-5,8H,6-7,9-10H2,1-3H3. The Hall–Kier alpha value is -0.363. The molecule has 2 aromatic rings. The minimum Gasteiger partial charge on any atom is -0.361 e. The number of nitrogens with zero attached hydrogens (tertiary/aromatic N) is 2. The zero-order chi connectivity index (χ0) is 14.8. The number of alkyl halides is 1. The molecular weight excluding hydrogens is 356 g/mol. The molecule has 0 aliphatic heterocycles. The lowest BCUT2D eigenvalue weighted by molar-refractivity contribution is 0.0885. The van der Waals surface area contributed by atoms with Gasteiger partial charge in [0.2, 0.25) is 0 Å². The average Bonchev–Trinajstić information content (AvgIpc) is 2.73. The molecule has 0 spiro atoms. The monoisotopic (exact) mass is 374 g/mol. The molecule has 0 aliphatic rings. The van der Waals surface area contributed by atoms with Crippen molar-refractivity contribution in [2.75, 3.05) is 6.61 Å². The molecule has 0 aliphatic carbocycles. The Morgan fingerprint density at radius 1 is 1.40 bits per heavy atom. The van der Waals surface area contributed by atoms with E-state index in [4.69, 9.17) is 16.3 Å². The van der Waals surface area contributed by atoms with E-state index in [9.17, 15) is 0 Å². The van der Waals surface area contributed by atoms with Crippen molar-refractivity contribution >= 4 is 46.6 Å². The van der Waals surface area contributed by atoms with Crippen LogP contribution in [0.5, 0.6) is 0 Å². The van der Waals surface area contributed by atoms with Crippen LogP contribution >= 0.6 is 27.5 Å². The topological polar surface area (TPSA) is 27.1 Å². The molecule has 20 heavy (non-hydrogen) atoms. The van der Waals surface area contributed by atoms with Gasteiger partial charge in [-0.15, -0.1) is 11.6 Å². The lowest BCUT2D eigenvalue weighted by Gasteiger charge is -2.16. The summed E-state index contributed by atoms with van der Waals surface area (Å²) in [6.07, 6.45) is 1.79. The summed E-state index contributed by atoms with van der Waals surface area (Å²) < 4.78 is 8.92. The first-order valence-electron chi connectivity index (χ1n) is 6.69. The van der Waals surface area contributed by atoms with Gasteiger partial charge >= 0.3 is 0 Å². The maximum absolute atomic E-state index is 6.03. The Labute approximate surface area is 134 Å². The molecule has 0 radical (unpaired) electrons. The number of hydrogen-bond acceptors (Lipinski definition) is 2. The summed E-state index contributed by atoms with van der Waals surface area (Å²) in [5.41, 5.74) is 1.96. The summed E-state index contributed by atoms with van der Waals surface area (Å²) in [5, 5.41) is 1.08. The number of ether oxygens (including phenoxy) is 1. The quantitative estimate of drug-likeness (QED) is 0.410. The Morgan fingerprint density at radius 2 is 2.15 bits per heavy atom. The largest absolute Gasteiger partial charge is 0.361 e. The number of pyridine rings is 1. The summed E-state index contributed by atoms with van der Waals surface area (Å²) in [5.74, 6) is 0.459. The minimum atomic E-state index is -1.05. The molecule has 0 fully saturated rings. The Bertz CT molecular complexity index is 595. The van der Waals surface area contributed by atoms with Gasteiger partial charge in [-0.3, -0.25) is 0 Å². The molecule has 0 N–H and O–H groups in total. The summed E-state index contributed by atoms with van der Waals surface area (Å²) in [6.45, 7) is 8.36. The number of aromatic nitrogens is 2. The van der Waals surface area contributed by atoms with Gasteiger partial charge in [-0.25, -0.2) is 4.98 Å². The van der Waals surface area contributed by atoms with Crippen LogP contribution in [-0.4, -0.2) is 24.2 Å². The third-order valence-electron chi connectivity index (χ3n) is 3.18. The Balaban J connectivity index is 2.14. The second-order valence-corrected chi connectivity index (χ2v) is 12.8. The van der Waals surface area contributed by atoms with Crippen molar-refractivity contribution in [2.24, 2.45) is 0 Å². The van der Waals surface area contributed by atoms with Crippen molar-refractivity contribution in [1.82, 2.24) is 9.55 Å². The van der Waals surface area contributed by atoms with Gasteiger partial charge in [-0.1, -0.05) is 19.6 Å². The number of fused-ring (bicyclic) bond motifs is 1. The van der Waals surface area contributed by atoms with Crippen molar-refractivity contribution in [3.05, 3.63) is 28.5 Å². The Morgan fingerprint density at radius 3 is 2.80 bits per heavy atom. The summed E-state index contributed by atoms with van der Waals surface area (Å²) in [7, 11) is -1.05. The van der Waals surface area contributed by atoms with Gasteiger partial charge in [0.15, 0.2) is 0 Å². The highest BCUT2D eigenvalue weighted by Crippen LogP contribution is 2.26. The first-order valence-corrected chi connectivity index (χ1v) is 11.7. The van der Waals surface area contributed by atoms with Crippen molar-refractivity contribution in [3.8, 4) is 0 Å². The maximum Gasteiger partial charge on any atom is 0.143 e. The van der Waals surface area contributed by atoms with Crippen LogP contribution in [0.3, 0.4) is 0 Å². The lowest BCUT2D eigenvalue weighted by Crippen LogP contribution is -2.22. The van der Waals surface area contributed by atoms with Gasteiger partial charge in [-0.05, 0) is 34.1 Å². The van der Waals surface area contributed by atoms with Gasteiger partial charge in [0.25, 0.3) is 0 Å². The predicted octanol–water partition coefficient (Wildman–Crippen LogP) is 4.85. The molecule has 0 atom stereocenters. The molecule has 2 rings (SSSR count). The zero-order valence-corrected chi connectivity index (χ0v) is 15.5. The SMILES string of the molecule is C[Si](C)(C)CCOCn1c(CCl)cc2c(Br)ccnc21. The number of halogens is 2. The third kappa shape index (κ3) is 3.84. The number of hydrogen-bond donors (Lipinski definition) is 0. The van der Waals surface area contributed by atoms with Crippen LogP contribution < -0.4 is 0 Å². The van der Waals surface area contributed by atoms with Crippen LogP contribution in [0.15, 0.2) is 22.8 Å². The minimum absolute atomic E-state index is 0.459. The fraction of sp³-hybridized carbons (Fsp3) is 0.500. The van der Waals surface area contributed by atoms with Crippen molar-refractivity contribution in [1.29, 1.82) is 0 Å². The highest BCUT2D eigenvalue weighted by Gasteiger charge is 2.14. The molecule has 6 heteroatoms. The van der Waals surface area contributed by atoms with Crippen LogP contribution in [0.1, 0.15) is 5.69 Å². The van der Waals surface area contributed by atoms with E-state index in [1.54, 1.807) is 6.20 Å². The third-order valence-corrected chi connectivity index (χ3v) is 5.85. The van der Waals surface area contributed by atoms with Gasteiger partial charge < -0.3 is 9.30 Å². The van der Waals surface area contributed by atoms with Gasteiger partial charge in [-0.2, -0.15) is 0 Å². The molecular formula is C14H20BrClN2OSi.